The molecule has 5 unspecified atom stereocenters. The van der Waals surface area contributed by atoms with E-state index in [1.54, 1.807) is 0 Å². The van der Waals surface area contributed by atoms with E-state index in [9.17, 15) is 5.11 Å². The van der Waals surface area contributed by atoms with Crippen molar-refractivity contribution < 1.29 is 14.6 Å². The average molecular weight is 294 g/mol. The summed E-state index contributed by atoms with van der Waals surface area (Å²) in [5.41, 5.74) is 2.35. The summed E-state index contributed by atoms with van der Waals surface area (Å²) in [7, 11) is 0. The predicted molar refractivity (Wildman–Crippen MR) is 85.2 cm³/mol. The molecule has 2 saturated heterocycles. The molecule has 120 valence electrons. The molecule has 0 aromatic heterocycles. The molecule has 3 heteroatoms. The Balaban J connectivity index is 1.85. The van der Waals surface area contributed by atoms with Crippen LogP contribution in [0.25, 0.3) is 0 Å². The van der Waals surface area contributed by atoms with E-state index in [2.05, 4.69) is 27.0 Å². The van der Waals surface area contributed by atoms with E-state index in [0.29, 0.717) is 18.4 Å². The van der Waals surface area contributed by atoms with E-state index < -0.39 is 0 Å². The molecule has 0 aliphatic carbocycles. The SMILES string of the molecule is C=C1CC(C)OC1CCC1CC(C)C(=C)C(C[C@@H](C)O)O1. The number of aliphatic hydroxyl groups is 1. The van der Waals surface area contributed by atoms with E-state index in [-0.39, 0.29) is 24.4 Å². The van der Waals surface area contributed by atoms with Gasteiger partial charge in [-0.1, -0.05) is 20.1 Å². The third kappa shape index (κ3) is 4.41. The second-order valence-corrected chi connectivity index (χ2v) is 6.92. The number of aliphatic hydroxyl groups excluding tert-OH is 1. The summed E-state index contributed by atoms with van der Waals surface area (Å²) in [6.07, 6.45) is 4.99. The Hall–Kier alpha value is -0.640. The molecule has 21 heavy (non-hydrogen) atoms. The Morgan fingerprint density at radius 2 is 1.90 bits per heavy atom. The zero-order chi connectivity index (χ0) is 15.6. The minimum absolute atomic E-state index is 0.00892. The van der Waals surface area contributed by atoms with Gasteiger partial charge in [0.05, 0.1) is 30.5 Å². The zero-order valence-corrected chi connectivity index (χ0v) is 13.7. The Bertz CT molecular complexity index is 388. The van der Waals surface area contributed by atoms with Crippen LogP contribution in [0.3, 0.4) is 0 Å². The van der Waals surface area contributed by atoms with Gasteiger partial charge in [0.25, 0.3) is 0 Å². The van der Waals surface area contributed by atoms with Crippen LogP contribution in [0, 0.1) is 5.92 Å². The van der Waals surface area contributed by atoms with Crippen LogP contribution in [0.4, 0.5) is 0 Å². The molecule has 2 aliphatic rings. The summed E-state index contributed by atoms with van der Waals surface area (Å²) < 4.78 is 12.0. The maximum atomic E-state index is 9.61. The fourth-order valence-corrected chi connectivity index (χ4v) is 3.48. The fraction of sp³-hybridized carbons (Fsp3) is 0.778. The van der Waals surface area contributed by atoms with Gasteiger partial charge in [-0.25, -0.2) is 0 Å². The van der Waals surface area contributed by atoms with Crippen molar-refractivity contribution in [3.8, 4) is 0 Å². The summed E-state index contributed by atoms with van der Waals surface area (Å²) in [5, 5.41) is 9.61. The van der Waals surface area contributed by atoms with Crippen molar-refractivity contribution in [2.45, 2.75) is 83.4 Å². The van der Waals surface area contributed by atoms with Crippen molar-refractivity contribution in [3.63, 3.8) is 0 Å². The van der Waals surface area contributed by atoms with Crippen molar-refractivity contribution in [2.75, 3.05) is 0 Å². The highest BCUT2D eigenvalue weighted by Gasteiger charge is 2.32. The summed E-state index contributed by atoms with van der Waals surface area (Å²) in [6.45, 7) is 14.4. The minimum Gasteiger partial charge on any atom is -0.393 e. The largest absolute Gasteiger partial charge is 0.393 e. The molecular formula is C18H30O3. The first-order valence-corrected chi connectivity index (χ1v) is 8.22. The van der Waals surface area contributed by atoms with Gasteiger partial charge in [0.2, 0.25) is 0 Å². The highest BCUT2D eigenvalue weighted by Crippen LogP contribution is 2.34. The normalized spacial score (nSPS) is 38.8. The zero-order valence-electron chi connectivity index (χ0n) is 13.7. The molecule has 0 aromatic rings. The molecule has 2 heterocycles. The molecule has 3 nitrogen and oxygen atoms in total. The second-order valence-electron chi connectivity index (χ2n) is 6.92. The first kappa shape index (κ1) is 16.7. The lowest BCUT2D eigenvalue weighted by molar-refractivity contribution is -0.0585. The smallest absolute Gasteiger partial charge is 0.0813 e. The molecule has 0 saturated carbocycles. The number of rotatable bonds is 5. The van der Waals surface area contributed by atoms with Gasteiger partial charge < -0.3 is 14.6 Å². The van der Waals surface area contributed by atoms with E-state index in [1.807, 2.05) is 6.92 Å². The molecule has 0 aromatic carbocycles. The van der Waals surface area contributed by atoms with Gasteiger partial charge in [-0.3, -0.25) is 0 Å². The van der Waals surface area contributed by atoms with Gasteiger partial charge >= 0.3 is 0 Å². The number of hydrogen-bond donors (Lipinski definition) is 1. The molecule has 2 aliphatic heterocycles. The number of hydrogen-bond acceptors (Lipinski definition) is 3. The van der Waals surface area contributed by atoms with Crippen LogP contribution in [0.2, 0.25) is 0 Å². The molecule has 1 N–H and O–H groups in total. The molecule has 0 bridgehead atoms. The lowest BCUT2D eigenvalue weighted by atomic mass is 9.85. The van der Waals surface area contributed by atoms with Crippen LogP contribution >= 0.6 is 0 Å². The Morgan fingerprint density at radius 3 is 2.48 bits per heavy atom. The summed E-state index contributed by atoms with van der Waals surface area (Å²) in [5.74, 6) is 0.458. The van der Waals surface area contributed by atoms with E-state index >= 15 is 0 Å². The molecule has 0 amide bonds. The predicted octanol–water partition coefficient (Wildman–Crippen LogP) is 3.62. The summed E-state index contributed by atoms with van der Waals surface area (Å²) >= 11 is 0. The van der Waals surface area contributed by atoms with E-state index in [0.717, 1.165) is 31.3 Å². The van der Waals surface area contributed by atoms with Gasteiger partial charge in [-0.15, -0.1) is 0 Å². The van der Waals surface area contributed by atoms with Gasteiger partial charge in [0.15, 0.2) is 0 Å². The third-order valence-corrected chi connectivity index (χ3v) is 4.73. The van der Waals surface area contributed by atoms with Crippen LogP contribution in [-0.2, 0) is 9.47 Å². The van der Waals surface area contributed by atoms with Crippen molar-refractivity contribution >= 4 is 0 Å². The highest BCUT2D eigenvalue weighted by molar-refractivity contribution is 5.11. The molecule has 2 fully saturated rings. The van der Waals surface area contributed by atoms with E-state index in [4.69, 9.17) is 9.47 Å². The minimum atomic E-state index is -0.350. The molecular weight excluding hydrogens is 264 g/mol. The van der Waals surface area contributed by atoms with Crippen LogP contribution in [0.5, 0.6) is 0 Å². The van der Waals surface area contributed by atoms with Gasteiger partial charge in [0, 0.05) is 6.42 Å². The highest BCUT2D eigenvalue weighted by atomic mass is 16.5. The lowest BCUT2D eigenvalue weighted by Gasteiger charge is -2.37. The molecule has 0 spiro atoms. The monoisotopic (exact) mass is 294 g/mol. The maximum absolute atomic E-state index is 9.61. The van der Waals surface area contributed by atoms with E-state index in [1.165, 1.54) is 5.57 Å². The molecule has 0 radical (unpaired) electrons. The van der Waals surface area contributed by atoms with Crippen molar-refractivity contribution in [2.24, 2.45) is 5.92 Å². The quantitative estimate of drug-likeness (QED) is 0.787. The standard InChI is InChI=1S/C18H30O3/c1-11-9-16(21-18(15(11)5)10-13(3)19)6-7-17-12(2)8-14(4)20-17/h11,13-14,16-19H,2,5-10H2,1,3-4H3/t11?,13-,14?,16?,17?,18?/m1/s1. The topological polar surface area (TPSA) is 38.7 Å². The van der Waals surface area contributed by atoms with Crippen molar-refractivity contribution in [1.82, 2.24) is 0 Å². The number of ether oxygens (including phenoxy) is 2. The summed E-state index contributed by atoms with van der Waals surface area (Å²) in [4.78, 5) is 0. The van der Waals surface area contributed by atoms with Crippen LogP contribution in [0.15, 0.2) is 24.3 Å². The fourth-order valence-electron chi connectivity index (χ4n) is 3.48. The lowest BCUT2D eigenvalue weighted by Crippen LogP contribution is -2.36. The van der Waals surface area contributed by atoms with Crippen molar-refractivity contribution in [3.05, 3.63) is 24.3 Å². The third-order valence-electron chi connectivity index (χ3n) is 4.73. The van der Waals surface area contributed by atoms with Crippen LogP contribution in [0.1, 0.15) is 52.9 Å². The second kappa shape index (κ2) is 7.08. The Morgan fingerprint density at radius 1 is 1.19 bits per heavy atom. The molecule has 6 atom stereocenters. The summed E-state index contributed by atoms with van der Waals surface area (Å²) in [6, 6.07) is 0. The molecule has 2 rings (SSSR count). The Labute approximate surface area is 129 Å². The van der Waals surface area contributed by atoms with Gasteiger partial charge in [-0.05, 0) is 56.6 Å². The Kier molecular flexibility index (Phi) is 5.64. The van der Waals surface area contributed by atoms with Crippen molar-refractivity contribution in [1.29, 1.82) is 0 Å². The average Bonchev–Trinajstić information content (AvgIpc) is 2.70. The van der Waals surface area contributed by atoms with Gasteiger partial charge in [0.1, 0.15) is 0 Å². The first-order valence-electron chi connectivity index (χ1n) is 8.22. The van der Waals surface area contributed by atoms with Crippen LogP contribution in [-0.4, -0.2) is 35.6 Å². The van der Waals surface area contributed by atoms with Crippen LogP contribution < -0.4 is 0 Å². The first-order chi connectivity index (χ1) is 9.86. The van der Waals surface area contributed by atoms with Gasteiger partial charge in [-0.2, -0.15) is 0 Å². The maximum Gasteiger partial charge on any atom is 0.0813 e.